The first kappa shape index (κ1) is 43.5. The third-order valence-electron chi connectivity index (χ3n) is 8.36. The van der Waals surface area contributed by atoms with Gasteiger partial charge in [0.1, 0.15) is 13.2 Å². The van der Waals surface area contributed by atoms with Crippen LogP contribution in [0.15, 0.2) is 0 Å². The van der Waals surface area contributed by atoms with Crippen LogP contribution in [-0.4, -0.2) is 73.4 Å². The molecule has 9 heteroatoms. The Morgan fingerprint density at radius 3 is 1.52 bits per heavy atom. The highest BCUT2D eigenvalue weighted by molar-refractivity contribution is 7.47. The molecule has 0 radical (unpaired) electrons. The Morgan fingerprint density at radius 2 is 1.09 bits per heavy atom. The molecule has 0 saturated heterocycles. The second kappa shape index (κ2) is 28.7. The lowest BCUT2D eigenvalue weighted by atomic mass is 10.0. The summed E-state index contributed by atoms with van der Waals surface area (Å²) in [7, 11) is 1.62. The summed E-state index contributed by atoms with van der Waals surface area (Å²) < 4.78 is 23.4. The maximum atomic E-state index is 12.7. The minimum absolute atomic E-state index is 0.0776. The fourth-order valence-electron chi connectivity index (χ4n) is 5.34. The van der Waals surface area contributed by atoms with Gasteiger partial charge in [-0.25, -0.2) is 4.57 Å². The lowest BCUT2D eigenvalue weighted by Crippen LogP contribution is -2.46. The molecule has 0 aromatic heterocycles. The first-order valence-corrected chi connectivity index (χ1v) is 19.9. The predicted octanol–water partition coefficient (Wildman–Crippen LogP) is 9.07. The number of quaternary nitrogens is 1. The zero-order valence-electron chi connectivity index (χ0n) is 29.7. The number of carbonyl (C=O) groups excluding carboxylic acids is 1. The summed E-state index contributed by atoms with van der Waals surface area (Å²) in [5.41, 5.74) is 0. The fourth-order valence-corrected chi connectivity index (χ4v) is 6.07. The highest BCUT2D eigenvalue weighted by atomic mass is 31.2. The summed E-state index contributed by atoms with van der Waals surface area (Å²) in [4.78, 5) is 22.8. The number of hydrogen-bond donors (Lipinski definition) is 3. The van der Waals surface area contributed by atoms with E-state index < -0.39 is 20.0 Å². The Morgan fingerprint density at radius 1 is 0.682 bits per heavy atom. The second-order valence-electron chi connectivity index (χ2n) is 14.0. The van der Waals surface area contributed by atoms with Crippen molar-refractivity contribution >= 4 is 13.7 Å². The number of nitrogens with zero attached hydrogens (tertiary/aromatic N) is 1. The number of likely N-dealkylation sites (N-methyl/N-ethyl adjacent to an activating group) is 1. The van der Waals surface area contributed by atoms with Gasteiger partial charge < -0.3 is 19.8 Å². The molecule has 264 valence electrons. The van der Waals surface area contributed by atoms with E-state index >= 15 is 0 Å². The first-order chi connectivity index (χ1) is 21.0. The summed E-state index contributed by atoms with van der Waals surface area (Å²) in [6.07, 6.45) is 27.0. The van der Waals surface area contributed by atoms with Crippen LogP contribution in [0.1, 0.15) is 168 Å². The standard InChI is InChI=1S/C35H73N2O6P/c1-6-8-10-12-14-15-16-17-18-19-20-21-23-24-26-28-34(38)33(32-43-44(40,41)42-31-30-37(3,4)5)36-35(39)29-27-25-22-13-11-9-7-2/h33-34,38H,6-32H2,1-5H3,(H-,36,39,40,41)/p+1. The van der Waals surface area contributed by atoms with E-state index in [9.17, 15) is 19.4 Å². The molecule has 3 N–H and O–H groups in total. The van der Waals surface area contributed by atoms with Gasteiger partial charge in [0.2, 0.25) is 5.91 Å². The van der Waals surface area contributed by atoms with Crippen LogP contribution < -0.4 is 5.32 Å². The van der Waals surface area contributed by atoms with Crippen molar-refractivity contribution in [3.05, 3.63) is 0 Å². The van der Waals surface area contributed by atoms with Crippen LogP contribution in [0.25, 0.3) is 0 Å². The van der Waals surface area contributed by atoms with E-state index in [1.54, 1.807) is 0 Å². The Labute approximate surface area is 272 Å². The van der Waals surface area contributed by atoms with Crippen LogP contribution in [-0.2, 0) is 18.4 Å². The molecular formula is C35H74N2O6P+. The van der Waals surface area contributed by atoms with Gasteiger partial charge >= 0.3 is 7.82 Å². The van der Waals surface area contributed by atoms with Gasteiger partial charge in [-0.3, -0.25) is 13.8 Å². The Balaban J connectivity index is 4.39. The predicted molar refractivity (Wildman–Crippen MR) is 185 cm³/mol. The minimum atomic E-state index is -4.29. The van der Waals surface area contributed by atoms with Crippen LogP contribution in [0, 0.1) is 0 Å². The van der Waals surface area contributed by atoms with Gasteiger partial charge in [0.05, 0.1) is 39.9 Å². The number of unbranched alkanes of at least 4 members (excludes halogenated alkanes) is 20. The van der Waals surface area contributed by atoms with Crippen molar-refractivity contribution in [2.45, 2.75) is 180 Å². The van der Waals surface area contributed by atoms with Crippen molar-refractivity contribution in [1.29, 1.82) is 0 Å². The molecule has 0 aliphatic rings. The van der Waals surface area contributed by atoms with Crippen LogP contribution >= 0.6 is 7.82 Å². The molecule has 0 spiro atoms. The van der Waals surface area contributed by atoms with Gasteiger partial charge in [-0.05, 0) is 12.8 Å². The lowest BCUT2D eigenvalue weighted by Gasteiger charge is -2.26. The molecular weight excluding hydrogens is 575 g/mol. The number of nitrogens with one attached hydrogen (secondary N) is 1. The van der Waals surface area contributed by atoms with E-state index in [4.69, 9.17) is 9.05 Å². The summed E-state index contributed by atoms with van der Waals surface area (Å²) in [5, 5.41) is 13.8. The Hall–Kier alpha value is -0.500. The van der Waals surface area contributed by atoms with Crippen LogP contribution in [0.3, 0.4) is 0 Å². The van der Waals surface area contributed by atoms with E-state index in [1.165, 1.54) is 103 Å². The van der Waals surface area contributed by atoms with E-state index in [2.05, 4.69) is 19.2 Å². The molecule has 0 rings (SSSR count). The normalized spacial score (nSPS) is 14.8. The van der Waals surface area contributed by atoms with Crippen LogP contribution in [0.4, 0.5) is 0 Å². The van der Waals surface area contributed by atoms with Crippen molar-refractivity contribution in [1.82, 2.24) is 5.32 Å². The van der Waals surface area contributed by atoms with Crippen molar-refractivity contribution in [3.8, 4) is 0 Å². The van der Waals surface area contributed by atoms with Gasteiger partial charge in [0, 0.05) is 6.42 Å². The first-order valence-electron chi connectivity index (χ1n) is 18.4. The molecule has 3 unspecified atom stereocenters. The highest BCUT2D eigenvalue weighted by Gasteiger charge is 2.28. The smallest absolute Gasteiger partial charge is 0.391 e. The quantitative estimate of drug-likeness (QED) is 0.0372. The number of amides is 1. The number of rotatable bonds is 33. The highest BCUT2D eigenvalue weighted by Crippen LogP contribution is 2.43. The maximum absolute atomic E-state index is 12.7. The number of aliphatic hydroxyl groups is 1. The SMILES string of the molecule is CCCCCCCCCCCCCCCCCC(O)C(COP(=O)(O)OCC[N+](C)(C)C)NC(=O)CCCCCCCCC. The van der Waals surface area contributed by atoms with Gasteiger partial charge in [0.25, 0.3) is 0 Å². The van der Waals surface area contributed by atoms with Crippen molar-refractivity contribution in [2.75, 3.05) is 40.9 Å². The third-order valence-corrected chi connectivity index (χ3v) is 9.34. The topological polar surface area (TPSA) is 105 Å². The van der Waals surface area contributed by atoms with Crippen molar-refractivity contribution < 1.29 is 32.9 Å². The largest absolute Gasteiger partial charge is 0.472 e. The Kier molecular flexibility index (Phi) is 28.4. The lowest BCUT2D eigenvalue weighted by molar-refractivity contribution is -0.870. The number of hydrogen-bond acceptors (Lipinski definition) is 5. The molecule has 1 amide bonds. The van der Waals surface area contributed by atoms with Gasteiger partial charge in [0.15, 0.2) is 0 Å². The van der Waals surface area contributed by atoms with Gasteiger partial charge in [-0.2, -0.15) is 0 Å². The molecule has 0 aromatic carbocycles. The maximum Gasteiger partial charge on any atom is 0.472 e. The van der Waals surface area contributed by atoms with E-state index in [0.717, 1.165) is 38.5 Å². The molecule has 0 heterocycles. The number of aliphatic hydroxyl groups excluding tert-OH is 1. The fraction of sp³-hybridized carbons (Fsp3) is 0.971. The van der Waals surface area contributed by atoms with E-state index in [0.29, 0.717) is 23.9 Å². The van der Waals surface area contributed by atoms with Crippen LogP contribution in [0.5, 0.6) is 0 Å². The molecule has 3 atom stereocenters. The molecule has 0 aliphatic carbocycles. The Bertz CT molecular complexity index is 703. The summed E-state index contributed by atoms with van der Waals surface area (Å²) in [6.45, 7) is 4.83. The number of carbonyl (C=O) groups is 1. The molecule has 0 fully saturated rings. The molecule has 44 heavy (non-hydrogen) atoms. The zero-order valence-corrected chi connectivity index (χ0v) is 30.6. The third kappa shape index (κ3) is 30.2. The van der Waals surface area contributed by atoms with Gasteiger partial charge in [-0.15, -0.1) is 0 Å². The monoisotopic (exact) mass is 650 g/mol. The van der Waals surface area contributed by atoms with E-state index in [-0.39, 0.29) is 19.1 Å². The summed E-state index contributed by atoms with van der Waals surface area (Å²) in [6, 6.07) is -0.749. The molecule has 0 aromatic rings. The second-order valence-corrected chi connectivity index (χ2v) is 15.4. The molecule has 0 bridgehead atoms. The molecule has 8 nitrogen and oxygen atoms in total. The minimum Gasteiger partial charge on any atom is -0.391 e. The number of phosphoric ester groups is 1. The summed E-state index contributed by atoms with van der Waals surface area (Å²) in [5.74, 6) is -0.151. The summed E-state index contributed by atoms with van der Waals surface area (Å²) >= 11 is 0. The van der Waals surface area contributed by atoms with Crippen LogP contribution in [0.2, 0.25) is 0 Å². The molecule has 0 aliphatic heterocycles. The van der Waals surface area contributed by atoms with E-state index in [1.807, 2.05) is 21.1 Å². The van der Waals surface area contributed by atoms with Crippen molar-refractivity contribution in [3.63, 3.8) is 0 Å². The molecule has 0 saturated carbocycles. The average Bonchev–Trinajstić information content (AvgIpc) is 2.95. The van der Waals surface area contributed by atoms with Gasteiger partial charge in [-0.1, -0.05) is 149 Å². The van der Waals surface area contributed by atoms with Crippen molar-refractivity contribution in [2.24, 2.45) is 0 Å². The average molecular weight is 650 g/mol. The zero-order chi connectivity index (χ0) is 32.9. The number of phosphoric acid groups is 1.